The molecule has 5 atom stereocenters. The predicted molar refractivity (Wildman–Crippen MR) is 186 cm³/mol. The molecule has 10 heteroatoms. The first-order chi connectivity index (χ1) is 22.1. The molecule has 8 nitrogen and oxygen atoms in total. The number of unbranched alkanes of at least 4 members (excludes halogenated alkanes) is 1. The molecule has 0 aromatic heterocycles. The monoisotopic (exact) mass is 665 g/mol. The molecule has 3 amide bonds. The summed E-state index contributed by atoms with van der Waals surface area (Å²) in [5.41, 5.74) is 2.13. The van der Waals surface area contributed by atoms with Crippen LogP contribution in [0.1, 0.15) is 45.1 Å². The van der Waals surface area contributed by atoms with Gasteiger partial charge in [-0.05, 0) is 82.3 Å². The number of anilines is 2. The lowest BCUT2D eigenvalue weighted by Crippen LogP contribution is -2.55. The van der Waals surface area contributed by atoms with Crippen LogP contribution in [0.25, 0.3) is 0 Å². The minimum absolute atomic E-state index is 0.0108. The van der Waals surface area contributed by atoms with Gasteiger partial charge in [-0.1, -0.05) is 35.9 Å². The highest BCUT2D eigenvalue weighted by atomic mass is 35.5. The molecule has 3 fully saturated rings. The molecule has 1 spiro atoms. The number of hydrogen-bond acceptors (Lipinski definition) is 6. The van der Waals surface area contributed by atoms with Gasteiger partial charge >= 0.3 is 0 Å². The summed E-state index contributed by atoms with van der Waals surface area (Å²) in [6.07, 6.45) is 5.73. The van der Waals surface area contributed by atoms with E-state index in [0.717, 1.165) is 5.56 Å². The third-order valence-electron chi connectivity index (χ3n) is 9.66. The quantitative estimate of drug-likeness (QED) is 0.196. The number of thioether (sulfide) groups is 1. The first kappa shape index (κ1) is 34.1. The van der Waals surface area contributed by atoms with Crippen molar-refractivity contribution in [1.82, 2.24) is 4.90 Å². The van der Waals surface area contributed by atoms with E-state index in [1.807, 2.05) is 50.2 Å². The van der Waals surface area contributed by atoms with E-state index in [9.17, 15) is 19.5 Å². The van der Waals surface area contributed by atoms with Crippen molar-refractivity contribution in [2.45, 2.75) is 62.0 Å². The number of ether oxygens (including phenoxy) is 1. The molecule has 1 N–H and O–H groups in total. The number of aliphatic hydroxyl groups is 1. The van der Waals surface area contributed by atoms with Crippen LogP contribution in [-0.4, -0.2) is 76.1 Å². The van der Waals surface area contributed by atoms with E-state index in [4.69, 9.17) is 16.3 Å². The van der Waals surface area contributed by atoms with Crippen LogP contribution < -0.4 is 14.5 Å². The third-order valence-corrected chi connectivity index (χ3v) is 11.9. The van der Waals surface area contributed by atoms with Crippen molar-refractivity contribution < 1.29 is 24.2 Å². The van der Waals surface area contributed by atoms with Crippen LogP contribution in [-0.2, 0) is 14.4 Å². The Balaban J connectivity index is 1.58. The zero-order valence-corrected chi connectivity index (χ0v) is 28.5. The Morgan fingerprint density at radius 2 is 1.78 bits per heavy atom. The lowest BCUT2D eigenvalue weighted by molar-refractivity contribution is -0.139. The summed E-state index contributed by atoms with van der Waals surface area (Å²) in [5, 5.41) is 10.00. The molecular weight excluding hydrogens is 622 g/mol. The maximum absolute atomic E-state index is 14.9. The topological polar surface area (TPSA) is 90.4 Å². The summed E-state index contributed by atoms with van der Waals surface area (Å²) in [6, 6.07) is 12.1. The minimum atomic E-state index is -0.803. The second kappa shape index (κ2) is 13.8. The number of carbonyl (C=O) groups excluding carboxylic acids is 3. The standard InChI is InChI=1S/C36H44ClN3O5S/c1-6-20-38(25-14-16-26(17-15-25)45-8-3)32(42)28-29-33(43)40(22-9-10-23-41)31(36(29)19-18-35(28,5)46-36)34(44)39(21-7-2)30-24(4)12-11-13-27(30)37/h6-7,11-17,28-29,31,41H,1-2,8-10,18-23H2,3-5H3/t28-,29-,31?,35+,36?/m0/s1. The van der Waals surface area contributed by atoms with Crippen molar-refractivity contribution >= 4 is 52.5 Å². The van der Waals surface area contributed by atoms with Gasteiger partial charge in [0.15, 0.2) is 0 Å². The van der Waals surface area contributed by atoms with Crippen LogP contribution in [0.5, 0.6) is 5.75 Å². The van der Waals surface area contributed by atoms with Gasteiger partial charge in [0, 0.05) is 36.7 Å². The van der Waals surface area contributed by atoms with Crippen molar-refractivity contribution in [2.75, 3.05) is 42.6 Å². The van der Waals surface area contributed by atoms with Gasteiger partial charge in [-0.2, -0.15) is 0 Å². The van der Waals surface area contributed by atoms with Crippen molar-refractivity contribution in [2.24, 2.45) is 11.8 Å². The van der Waals surface area contributed by atoms with Gasteiger partial charge in [-0.3, -0.25) is 14.4 Å². The molecule has 0 radical (unpaired) electrons. The highest BCUT2D eigenvalue weighted by molar-refractivity contribution is 8.02. The second-order valence-electron chi connectivity index (χ2n) is 12.5. The number of likely N-dealkylation sites (tertiary alicyclic amines) is 1. The third kappa shape index (κ3) is 5.75. The normalized spacial score (nSPS) is 26.2. The summed E-state index contributed by atoms with van der Waals surface area (Å²) in [4.78, 5) is 49.3. The van der Waals surface area contributed by atoms with Crippen LogP contribution in [0.4, 0.5) is 11.4 Å². The molecule has 46 heavy (non-hydrogen) atoms. The predicted octanol–water partition coefficient (Wildman–Crippen LogP) is 6.04. The summed E-state index contributed by atoms with van der Waals surface area (Å²) in [6.45, 7) is 15.0. The molecule has 3 aliphatic rings. The Hall–Kier alpha value is -3.27. The van der Waals surface area contributed by atoms with Crippen LogP contribution in [0, 0.1) is 18.8 Å². The SMILES string of the molecule is C=CCN(C(=O)[C@@H]1[C@H]2C(=O)N(CCCCO)C(C(=O)N(CC=C)c3c(C)cccc3Cl)C23CC[C@@]1(C)S3)c1ccc(OCC)cc1. The Kier molecular flexibility index (Phi) is 10.3. The van der Waals surface area contributed by atoms with Crippen molar-refractivity contribution in [3.8, 4) is 5.75 Å². The number of fused-ring (bicyclic) bond motifs is 1. The van der Waals surface area contributed by atoms with Gasteiger partial charge in [-0.15, -0.1) is 24.9 Å². The second-order valence-corrected chi connectivity index (χ2v) is 14.8. The number of aryl methyl sites for hydroxylation is 1. The molecule has 3 aliphatic heterocycles. The van der Waals surface area contributed by atoms with Crippen LogP contribution >= 0.6 is 23.4 Å². The highest BCUT2D eigenvalue weighted by Gasteiger charge is 2.77. The lowest BCUT2D eigenvalue weighted by atomic mass is 9.66. The number of aliphatic hydroxyl groups excluding tert-OH is 1. The van der Waals surface area contributed by atoms with Crippen LogP contribution in [0.3, 0.4) is 0 Å². The zero-order chi connectivity index (χ0) is 33.2. The van der Waals surface area contributed by atoms with Gasteiger partial charge < -0.3 is 24.5 Å². The number of nitrogens with zero attached hydrogens (tertiary/aromatic N) is 3. The summed E-state index contributed by atoms with van der Waals surface area (Å²) in [5.74, 6) is -1.16. The van der Waals surface area contributed by atoms with Crippen molar-refractivity contribution in [3.63, 3.8) is 0 Å². The molecular formula is C36H44ClN3O5S. The van der Waals surface area contributed by atoms with Crippen LogP contribution in [0.2, 0.25) is 5.02 Å². The zero-order valence-electron chi connectivity index (χ0n) is 26.9. The molecule has 246 valence electrons. The maximum atomic E-state index is 14.9. The molecule has 0 aliphatic carbocycles. The highest BCUT2D eigenvalue weighted by Crippen LogP contribution is 2.71. The number of amides is 3. The molecule has 3 saturated heterocycles. The smallest absolute Gasteiger partial charge is 0.251 e. The number of halogens is 1. The van der Waals surface area contributed by atoms with Gasteiger partial charge in [0.05, 0.1) is 33.9 Å². The van der Waals surface area contributed by atoms with E-state index in [0.29, 0.717) is 61.0 Å². The molecule has 2 bridgehead atoms. The largest absolute Gasteiger partial charge is 0.494 e. The van der Waals surface area contributed by atoms with E-state index in [1.165, 1.54) is 0 Å². The Bertz CT molecular complexity index is 1480. The molecule has 2 aromatic carbocycles. The van der Waals surface area contributed by atoms with Crippen LogP contribution in [0.15, 0.2) is 67.8 Å². The fourth-order valence-electron chi connectivity index (χ4n) is 7.76. The molecule has 2 aromatic rings. The average molecular weight is 666 g/mol. The van der Waals surface area contributed by atoms with Gasteiger partial charge in [-0.25, -0.2) is 0 Å². The Morgan fingerprint density at radius 3 is 2.41 bits per heavy atom. The van der Waals surface area contributed by atoms with E-state index in [1.54, 1.807) is 44.7 Å². The fourth-order valence-corrected chi connectivity index (χ4v) is 10.4. The van der Waals surface area contributed by atoms with Gasteiger partial charge in [0.2, 0.25) is 11.8 Å². The van der Waals surface area contributed by atoms with E-state index < -0.39 is 27.4 Å². The Labute approximate surface area is 281 Å². The number of hydrogen-bond donors (Lipinski definition) is 1. The summed E-state index contributed by atoms with van der Waals surface area (Å²) < 4.78 is 4.28. The van der Waals surface area contributed by atoms with Gasteiger partial charge in [0.25, 0.3) is 5.91 Å². The lowest BCUT2D eigenvalue weighted by Gasteiger charge is -2.38. The van der Waals surface area contributed by atoms with Gasteiger partial charge in [0.1, 0.15) is 11.8 Å². The molecule has 3 heterocycles. The molecule has 2 unspecified atom stereocenters. The summed E-state index contributed by atoms with van der Waals surface area (Å²) >= 11 is 8.33. The fraction of sp³-hybridized carbons (Fsp3) is 0.472. The number of carbonyl (C=O) groups is 3. The first-order valence-corrected chi connectivity index (χ1v) is 17.2. The average Bonchev–Trinajstić information content (AvgIpc) is 3.60. The number of para-hydroxylation sites is 1. The molecule has 0 saturated carbocycles. The summed E-state index contributed by atoms with van der Waals surface area (Å²) in [7, 11) is 0. The van der Waals surface area contributed by atoms with E-state index in [2.05, 4.69) is 20.1 Å². The van der Waals surface area contributed by atoms with E-state index in [-0.39, 0.29) is 37.4 Å². The maximum Gasteiger partial charge on any atom is 0.251 e. The van der Waals surface area contributed by atoms with Crippen molar-refractivity contribution in [1.29, 1.82) is 0 Å². The molecule has 5 rings (SSSR count). The van der Waals surface area contributed by atoms with Crippen molar-refractivity contribution in [3.05, 3.63) is 78.4 Å². The van der Waals surface area contributed by atoms with E-state index >= 15 is 0 Å². The number of rotatable bonds is 14. The minimum Gasteiger partial charge on any atom is -0.494 e. The Morgan fingerprint density at radius 1 is 1.09 bits per heavy atom. The number of benzene rings is 2. The first-order valence-electron chi connectivity index (χ1n) is 16.0.